The Morgan fingerprint density at radius 3 is 2.49 bits per heavy atom. The third kappa shape index (κ3) is 5.03. The number of nitrogens with zero attached hydrogens (tertiary/aromatic N) is 3. The summed E-state index contributed by atoms with van der Waals surface area (Å²) in [5, 5.41) is 38.5. The molecule has 1 aliphatic carbocycles. The van der Waals surface area contributed by atoms with Crippen molar-refractivity contribution >= 4 is 28.5 Å². The number of carbonyl (C=O) groups excluding carboxylic acids is 2. The monoisotopic (exact) mass is 782 g/mol. The lowest BCUT2D eigenvalue weighted by molar-refractivity contribution is -0.218. The summed E-state index contributed by atoms with van der Waals surface area (Å²) < 4.78 is 17.4. The fourth-order valence-electron chi connectivity index (χ4n) is 13.4. The van der Waals surface area contributed by atoms with E-state index in [1.54, 1.807) is 7.11 Å². The molecule has 1 aromatic heterocycles. The van der Waals surface area contributed by atoms with Crippen molar-refractivity contribution < 1.29 is 39.1 Å². The molecular formula is C45H58N4O8. The van der Waals surface area contributed by atoms with Crippen LogP contribution in [0.3, 0.4) is 0 Å². The number of aromatic nitrogens is 1. The van der Waals surface area contributed by atoms with Gasteiger partial charge in [0.1, 0.15) is 11.9 Å². The molecule has 3 fully saturated rings. The van der Waals surface area contributed by atoms with Crippen molar-refractivity contribution in [2.24, 2.45) is 11.3 Å². The van der Waals surface area contributed by atoms with Gasteiger partial charge in [-0.05, 0) is 74.2 Å². The van der Waals surface area contributed by atoms with Gasteiger partial charge in [-0.25, -0.2) is 4.79 Å². The number of methoxy groups -OCH3 is 3. The molecule has 57 heavy (non-hydrogen) atoms. The lowest BCUT2D eigenvalue weighted by Crippen LogP contribution is -2.80. The van der Waals surface area contributed by atoms with E-state index in [4.69, 9.17) is 14.2 Å². The molecule has 6 heterocycles. The van der Waals surface area contributed by atoms with Crippen molar-refractivity contribution in [1.82, 2.24) is 14.8 Å². The second-order valence-corrected chi connectivity index (χ2v) is 18.1. The van der Waals surface area contributed by atoms with Crippen LogP contribution in [0.15, 0.2) is 48.6 Å². The van der Waals surface area contributed by atoms with Crippen LogP contribution >= 0.6 is 0 Å². The number of aromatic amines is 1. The highest BCUT2D eigenvalue weighted by Crippen LogP contribution is 2.68. The number of nitrogens with one attached hydrogen (secondary N) is 1. The van der Waals surface area contributed by atoms with E-state index < -0.39 is 45.6 Å². The zero-order valence-corrected chi connectivity index (χ0v) is 34.1. The highest BCUT2D eigenvalue weighted by Gasteiger charge is 2.79. The summed E-state index contributed by atoms with van der Waals surface area (Å²) >= 11 is 0. The Kier molecular flexibility index (Phi) is 8.99. The van der Waals surface area contributed by atoms with Gasteiger partial charge in [-0.2, -0.15) is 0 Å². The molecule has 2 saturated heterocycles. The fraction of sp³-hybridized carbons (Fsp3) is 0.600. The summed E-state index contributed by atoms with van der Waals surface area (Å²) in [5.74, 6) is -0.626. The first-order valence-corrected chi connectivity index (χ1v) is 20.8. The van der Waals surface area contributed by atoms with Crippen molar-refractivity contribution in [2.45, 2.75) is 99.0 Å². The molecule has 1 saturated carbocycles. The van der Waals surface area contributed by atoms with Crippen LogP contribution in [0.1, 0.15) is 74.8 Å². The predicted molar refractivity (Wildman–Crippen MR) is 215 cm³/mol. The number of benzene rings is 2. The molecule has 0 amide bonds. The molecule has 5 aliphatic heterocycles. The molecule has 2 unspecified atom stereocenters. The number of carbonyl (C=O) groups is 2. The average Bonchev–Trinajstić information content (AvgIpc) is 3.88. The van der Waals surface area contributed by atoms with E-state index in [9.17, 15) is 24.9 Å². The Bertz CT molecular complexity index is 2150. The van der Waals surface area contributed by atoms with Gasteiger partial charge >= 0.3 is 11.9 Å². The van der Waals surface area contributed by atoms with Gasteiger partial charge in [0, 0.05) is 84.0 Å². The van der Waals surface area contributed by atoms with Gasteiger partial charge in [0.15, 0.2) is 0 Å². The number of esters is 2. The summed E-state index contributed by atoms with van der Waals surface area (Å²) in [6.07, 6.45) is 6.25. The van der Waals surface area contributed by atoms with Gasteiger partial charge < -0.3 is 39.4 Å². The lowest BCUT2D eigenvalue weighted by Gasteiger charge is -2.63. The highest BCUT2D eigenvalue weighted by molar-refractivity contribution is 5.88. The summed E-state index contributed by atoms with van der Waals surface area (Å²) in [7, 11) is 6.24. The molecule has 2 bridgehead atoms. The number of likely N-dealkylation sites (N-methyl/N-ethyl adjacent to an activating group) is 1. The maximum absolute atomic E-state index is 14.1. The minimum atomic E-state index is -2.28. The third-order valence-electron chi connectivity index (χ3n) is 15.6. The van der Waals surface area contributed by atoms with Gasteiger partial charge in [0.2, 0.25) is 5.60 Å². The van der Waals surface area contributed by atoms with E-state index in [1.807, 2.05) is 44.0 Å². The quantitative estimate of drug-likeness (QED) is 0.205. The molecule has 3 aromatic rings. The highest BCUT2D eigenvalue weighted by atomic mass is 16.5. The second kappa shape index (κ2) is 13.3. The number of anilines is 1. The molecule has 2 aromatic carbocycles. The number of aliphatic hydroxyl groups is 3. The van der Waals surface area contributed by atoms with Crippen LogP contribution in [0.2, 0.25) is 0 Å². The van der Waals surface area contributed by atoms with Gasteiger partial charge in [0.05, 0.1) is 44.8 Å². The first kappa shape index (κ1) is 38.6. The van der Waals surface area contributed by atoms with Crippen molar-refractivity contribution in [1.29, 1.82) is 0 Å². The van der Waals surface area contributed by atoms with Crippen LogP contribution in [0, 0.1) is 11.3 Å². The van der Waals surface area contributed by atoms with E-state index in [0.717, 1.165) is 52.1 Å². The van der Waals surface area contributed by atoms with E-state index in [1.165, 1.54) is 14.2 Å². The smallest absolute Gasteiger partial charge is 0.342 e. The van der Waals surface area contributed by atoms with E-state index in [0.29, 0.717) is 63.9 Å². The number of hydrogen-bond acceptors (Lipinski definition) is 11. The van der Waals surface area contributed by atoms with E-state index in [2.05, 4.69) is 45.1 Å². The fourth-order valence-corrected chi connectivity index (χ4v) is 13.4. The number of ether oxygens (including phenoxy) is 3. The SMILES string of the molecule is CC[C@]1(O)C[C@@H]2C[N@@](CCc3c([nH]c4ccccc34)[C@@](CC(=O)OC)(c3cc4c(cc3OC)N(C)C3[C@]45CCN4CC=C[C@](CC)(C45)[C@@H](O)[C@]3(O)C(=O)OC)C2)C1. The van der Waals surface area contributed by atoms with E-state index >= 15 is 0 Å². The molecule has 10 atom stereocenters. The summed E-state index contributed by atoms with van der Waals surface area (Å²) in [6, 6.07) is 11.4. The normalized spacial score (nSPS) is 38.0. The van der Waals surface area contributed by atoms with Crippen LogP contribution in [-0.4, -0.2) is 133 Å². The number of para-hydroxylation sites is 1. The topological polar surface area (TPSA) is 148 Å². The molecular weight excluding hydrogens is 725 g/mol. The van der Waals surface area contributed by atoms with Gasteiger partial charge in [-0.3, -0.25) is 14.6 Å². The molecule has 306 valence electrons. The zero-order valence-electron chi connectivity index (χ0n) is 34.1. The van der Waals surface area contributed by atoms with Crippen molar-refractivity contribution in [3.05, 3.63) is 70.9 Å². The Morgan fingerprint density at radius 1 is 0.982 bits per heavy atom. The molecule has 1 spiro atoms. The number of piperidine rings is 1. The molecule has 12 heteroatoms. The molecule has 9 rings (SSSR count). The van der Waals surface area contributed by atoms with E-state index in [-0.39, 0.29) is 24.3 Å². The average molecular weight is 783 g/mol. The maximum atomic E-state index is 14.1. The molecule has 6 aliphatic rings. The number of H-pyrrole nitrogens is 1. The maximum Gasteiger partial charge on any atom is 0.342 e. The molecule has 12 nitrogen and oxygen atoms in total. The van der Waals surface area contributed by atoms with Crippen LogP contribution in [0.25, 0.3) is 10.9 Å². The lowest BCUT2D eigenvalue weighted by atomic mass is 9.47. The summed E-state index contributed by atoms with van der Waals surface area (Å²) in [5.41, 5.74) is -0.286. The molecule has 0 radical (unpaired) electrons. The first-order valence-electron chi connectivity index (χ1n) is 20.8. The Morgan fingerprint density at radius 2 is 1.77 bits per heavy atom. The van der Waals surface area contributed by atoms with Crippen LogP contribution in [-0.2, 0) is 36.3 Å². The Labute approximate surface area is 334 Å². The van der Waals surface area contributed by atoms with Crippen molar-refractivity contribution in [2.75, 3.05) is 66.0 Å². The van der Waals surface area contributed by atoms with Gasteiger partial charge in [-0.1, -0.05) is 44.2 Å². The first-order chi connectivity index (χ1) is 27.3. The summed E-state index contributed by atoms with van der Waals surface area (Å²) in [4.78, 5) is 38.8. The zero-order chi connectivity index (χ0) is 40.3. The Balaban J connectivity index is 1.36. The molecule has 4 N–H and O–H groups in total. The van der Waals surface area contributed by atoms with Gasteiger partial charge in [0.25, 0.3) is 0 Å². The number of aliphatic hydroxyl groups excluding tert-OH is 1. The van der Waals surface area contributed by atoms with Crippen LogP contribution < -0.4 is 9.64 Å². The predicted octanol–water partition coefficient (Wildman–Crippen LogP) is 3.81. The van der Waals surface area contributed by atoms with Crippen molar-refractivity contribution in [3.8, 4) is 5.75 Å². The van der Waals surface area contributed by atoms with Gasteiger partial charge in [-0.15, -0.1) is 0 Å². The van der Waals surface area contributed by atoms with Crippen LogP contribution in [0.4, 0.5) is 5.69 Å². The second-order valence-electron chi connectivity index (χ2n) is 18.1. The number of rotatable bonds is 7. The largest absolute Gasteiger partial charge is 0.496 e. The summed E-state index contributed by atoms with van der Waals surface area (Å²) in [6.45, 7) is 7.60. The van der Waals surface area contributed by atoms with Crippen molar-refractivity contribution in [3.63, 3.8) is 0 Å². The third-order valence-corrected chi connectivity index (χ3v) is 15.6. The Hall–Kier alpha value is -3.94. The minimum absolute atomic E-state index is 0.0182. The standard InChI is InChI=1S/C45H58N4O8/c1-7-41(53)22-27-23-43(24-35(50)56-5,36-29(14-18-48(25-27)26-41)28-12-9-10-13-32(28)46-36)31-20-30-33(21-34(31)55-4)47(3)38-44(30)16-19-49-17-11-15-42(8-2,37(44)49)39(51)45(38,54)40(52)57-6/h9-13,15,20-21,27,37-39,46,51,53-54H,7-8,14,16-19,22-26H2,1-6H3/t27-,37?,38?,39+,41-,42+,43-,44+,45-/m0/s1. The number of fused-ring (bicyclic) bond motifs is 6. The number of hydrogen-bond donors (Lipinski definition) is 4. The minimum Gasteiger partial charge on any atom is -0.496 e. The van der Waals surface area contributed by atoms with Crippen LogP contribution in [0.5, 0.6) is 5.75 Å².